The van der Waals surface area contributed by atoms with Crippen molar-refractivity contribution >= 4 is 5.82 Å². The van der Waals surface area contributed by atoms with Crippen molar-refractivity contribution in [1.82, 2.24) is 20.3 Å². The Hall–Kier alpha value is -2.01. The lowest BCUT2D eigenvalue weighted by molar-refractivity contribution is 0.585. The van der Waals surface area contributed by atoms with Crippen molar-refractivity contribution in [2.24, 2.45) is 0 Å². The summed E-state index contributed by atoms with van der Waals surface area (Å²) in [6, 6.07) is 5.88. The van der Waals surface area contributed by atoms with Gasteiger partial charge in [-0.15, -0.1) is 0 Å². The molecule has 5 heteroatoms. The first kappa shape index (κ1) is 11.1. The van der Waals surface area contributed by atoms with Gasteiger partial charge in [0.15, 0.2) is 5.82 Å². The molecule has 1 saturated heterocycles. The Labute approximate surface area is 106 Å². The Balaban J connectivity index is 1.80. The molecule has 0 aromatic carbocycles. The fraction of sp³-hybridized carbons (Fsp3) is 0.308. The lowest BCUT2D eigenvalue weighted by atomic mass is 10.2. The minimum atomic E-state index is 0.719. The molecule has 5 nitrogen and oxygen atoms in total. The van der Waals surface area contributed by atoms with Crippen molar-refractivity contribution in [1.29, 1.82) is 0 Å². The lowest BCUT2D eigenvalue weighted by Gasteiger charge is -2.28. The van der Waals surface area contributed by atoms with Crippen molar-refractivity contribution in [2.45, 2.75) is 0 Å². The zero-order valence-electron chi connectivity index (χ0n) is 10.1. The number of nitrogens with zero attached hydrogens (tertiary/aromatic N) is 4. The first-order valence-electron chi connectivity index (χ1n) is 6.12. The van der Waals surface area contributed by atoms with Gasteiger partial charge in [-0.3, -0.25) is 0 Å². The van der Waals surface area contributed by atoms with Crippen LogP contribution in [0.2, 0.25) is 0 Å². The van der Waals surface area contributed by atoms with E-state index in [9.17, 15) is 0 Å². The summed E-state index contributed by atoms with van der Waals surface area (Å²) in [5, 5.41) is 3.33. The van der Waals surface area contributed by atoms with Gasteiger partial charge in [0.1, 0.15) is 5.82 Å². The fourth-order valence-electron chi connectivity index (χ4n) is 2.05. The normalized spacial score (nSPS) is 15.7. The van der Waals surface area contributed by atoms with Gasteiger partial charge in [0, 0.05) is 50.3 Å². The van der Waals surface area contributed by atoms with Gasteiger partial charge in [0.05, 0.1) is 0 Å². The van der Waals surface area contributed by atoms with Gasteiger partial charge in [0.25, 0.3) is 0 Å². The number of aromatic nitrogens is 3. The molecule has 18 heavy (non-hydrogen) atoms. The average Bonchev–Trinajstić information content (AvgIpc) is 2.49. The number of anilines is 1. The highest BCUT2D eigenvalue weighted by Crippen LogP contribution is 2.17. The minimum Gasteiger partial charge on any atom is -0.354 e. The zero-order chi connectivity index (χ0) is 12.2. The molecule has 1 aliphatic rings. The molecule has 1 fully saturated rings. The Bertz CT molecular complexity index is 491. The molecule has 0 amide bonds. The van der Waals surface area contributed by atoms with Crippen LogP contribution in [0.4, 0.5) is 5.82 Å². The number of pyridine rings is 1. The summed E-state index contributed by atoms with van der Waals surface area (Å²) in [6.45, 7) is 4.05. The Morgan fingerprint density at radius 3 is 2.44 bits per heavy atom. The van der Waals surface area contributed by atoms with Crippen LogP contribution in [-0.4, -0.2) is 41.1 Å². The monoisotopic (exact) mass is 241 g/mol. The van der Waals surface area contributed by atoms with Gasteiger partial charge in [-0.2, -0.15) is 0 Å². The van der Waals surface area contributed by atoms with E-state index in [1.807, 2.05) is 24.4 Å². The number of hydrogen-bond donors (Lipinski definition) is 1. The van der Waals surface area contributed by atoms with Gasteiger partial charge >= 0.3 is 0 Å². The van der Waals surface area contributed by atoms with Crippen LogP contribution in [0.25, 0.3) is 11.4 Å². The molecule has 1 aliphatic heterocycles. The van der Waals surface area contributed by atoms with Crippen LogP contribution in [0.3, 0.4) is 0 Å². The molecule has 0 bridgehead atoms. The smallest absolute Gasteiger partial charge is 0.160 e. The van der Waals surface area contributed by atoms with E-state index in [2.05, 4.69) is 25.2 Å². The molecule has 0 atom stereocenters. The highest BCUT2D eigenvalue weighted by Gasteiger charge is 2.11. The first-order valence-corrected chi connectivity index (χ1v) is 6.12. The van der Waals surface area contributed by atoms with Crippen LogP contribution in [-0.2, 0) is 0 Å². The number of hydrogen-bond acceptors (Lipinski definition) is 5. The number of rotatable bonds is 2. The van der Waals surface area contributed by atoms with Crippen LogP contribution >= 0.6 is 0 Å². The molecule has 0 radical (unpaired) electrons. The third kappa shape index (κ3) is 2.31. The Morgan fingerprint density at radius 1 is 1.00 bits per heavy atom. The third-order valence-electron chi connectivity index (χ3n) is 3.01. The highest BCUT2D eigenvalue weighted by molar-refractivity contribution is 5.56. The molecule has 2 aromatic heterocycles. The third-order valence-corrected chi connectivity index (χ3v) is 3.01. The minimum absolute atomic E-state index is 0.719. The predicted octanol–water partition coefficient (Wildman–Crippen LogP) is 0.948. The van der Waals surface area contributed by atoms with E-state index in [0.717, 1.165) is 43.4 Å². The maximum Gasteiger partial charge on any atom is 0.160 e. The summed E-state index contributed by atoms with van der Waals surface area (Å²) < 4.78 is 0. The molecule has 0 aliphatic carbocycles. The van der Waals surface area contributed by atoms with Crippen LogP contribution in [0, 0.1) is 0 Å². The van der Waals surface area contributed by atoms with E-state index in [0.29, 0.717) is 0 Å². The number of piperazine rings is 1. The standard InChI is InChI=1S/C13H15N5/c1-4-15-13(16-5-1)11-2-3-12(17-10-11)18-8-6-14-7-9-18/h1-5,10,14H,6-9H2. The summed E-state index contributed by atoms with van der Waals surface area (Å²) in [7, 11) is 0. The van der Waals surface area contributed by atoms with Crippen molar-refractivity contribution in [2.75, 3.05) is 31.1 Å². The van der Waals surface area contributed by atoms with Gasteiger partial charge in [-0.1, -0.05) is 0 Å². The van der Waals surface area contributed by atoms with E-state index in [-0.39, 0.29) is 0 Å². The molecule has 1 N–H and O–H groups in total. The van der Waals surface area contributed by atoms with Crippen molar-refractivity contribution < 1.29 is 0 Å². The summed E-state index contributed by atoms with van der Waals surface area (Å²) in [4.78, 5) is 15.2. The Kier molecular flexibility index (Phi) is 3.14. The number of nitrogens with one attached hydrogen (secondary N) is 1. The maximum atomic E-state index is 4.50. The second-order valence-electron chi connectivity index (χ2n) is 4.21. The molecule has 92 valence electrons. The second kappa shape index (κ2) is 5.10. The molecule has 2 aromatic rings. The molecule has 3 heterocycles. The van der Waals surface area contributed by atoms with Crippen molar-refractivity contribution in [3.8, 4) is 11.4 Å². The summed E-state index contributed by atoms with van der Waals surface area (Å²) >= 11 is 0. The van der Waals surface area contributed by atoms with Crippen LogP contribution < -0.4 is 10.2 Å². The predicted molar refractivity (Wildman–Crippen MR) is 70.3 cm³/mol. The average molecular weight is 241 g/mol. The molecular weight excluding hydrogens is 226 g/mol. The van der Waals surface area contributed by atoms with Gasteiger partial charge in [-0.25, -0.2) is 15.0 Å². The largest absolute Gasteiger partial charge is 0.354 e. The van der Waals surface area contributed by atoms with Crippen LogP contribution in [0.15, 0.2) is 36.8 Å². The van der Waals surface area contributed by atoms with E-state index in [1.54, 1.807) is 12.4 Å². The maximum absolute atomic E-state index is 4.50. The summed E-state index contributed by atoms with van der Waals surface area (Å²) in [5.41, 5.74) is 0.953. The molecule has 0 spiro atoms. The summed E-state index contributed by atoms with van der Waals surface area (Å²) in [6.07, 6.45) is 5.33. The Morgan fingerprint density at radius 2 is 1.78 bits per heavy atom. The van der Waals surface area contributed by atoms with Crippen LogP contribution in [0.1, 0.15) is 0 Å². The highest BCUT2D eigenvalue weighted by atomic mass is 15.2. The molecular formula is C13H15N5. The zero-order valence-corrected chi connectivity index (χ0v) is 10.1. The van der Waals surface area contributed by atoms with Gasteiger partial charge < -0.3 is 10.2 Å². The van der Waals surface area contributed by atoms with Gasteiger partial charge in [0.2, 0.25) is 0 Å². The second-order valence-corrected chi connectivity index (χ2v) is 4.21. The fourth-order valence-corrected chi connectivity index (χ4v) is 2.05. The quantitative estimate of drug-likeness (QED) is 0.848. The summed E-state index contributed by atoms with van der Waals surface area (Å²) in [5.74, 6) is 1.74. The topological polar surface area (TPSA) is 53.9 Å². The van der Waals surface area contributed by atoms with E-state index >= 15 is 0 Å². The van der Waals surface area contributed by atoms with E-state index in [4.69, 9.17) is 0 Å². The lowest BCUT2D eigenvalue weighted by Crippen LogP contribution is -2.43. The first-order chi connectivity index (χ1) is 8.93. The SMILES string of the molecule is c1cnc(-c2ccc(N3CCNCC3)nc2)nc1. The van der Waals surface area contributed by atoms with E-state index in [1.165, 1.54) is 0 Å². The molecule has 0 unspecified atom stereocenters. The van der Waals surface area contributed by atoms with Crippen molar-refractivity contribution in [3.63, 3.8) is 0 Å². The van der Waals surface area contributed by atoms with Crippen molar-refractivity contribution in [3.05, 3.63) is 36.8 Å². The van der Waals surface area contributed by atoms with E-state index < -0.39 is 0 Å². The molecule has 0 saturated carbocycles. The van der Waals surface area contributed by atoms with Crippen LogP contribution in [0.5, 0.6) is 0 Å². The van der Waals surface area contributed by atoms with Gasteiger partial charge in [-0.05, 0) is 18.2 Å². The molecule has 3 rings (SSSR count).